The topological polar surface area (TPSA) is 124 Å². The molecule has 10 heteroatoms. The highest BCUT2D eigenvalue weighted by Crippen LogP contribution is 2.24. The molecular weight excluding hydrogens is 316 g/mol. The number of anilines is 2. The Labute approximate surface area is 125 Å². The molecule has 0 radical (unpaired) electrons. The van der Waals surface area contributed by atoms with Gasteiger partial charge < -0.3 is 10.5 Å². The second-order valence-corrected chi connectivity index (χ2v) is 6.81. The Morgan fingerprint density at radius 3 is 2.62 bits per heavy atom. The van der Waals surface area contributed by atoms with E-state index in [0.717, 1.165) is 11.3 Å². The van der Waals surface area contributed by atoms with Crippen LogP contribution in [0.15, 0.2) is 23.1 Å². The van der Waals surface area contributed by atoms with Crippen LogP contribution in [-0.2, 0) is 14.8 Å². The molecule has 2 rings (SSSR count). The van der Waals surface area contributed by atoms with Crippen molar-refractivity contribution in [3.8, 4) is 0 Å². The summed E-state index contributed by atoms with van der Waals surface area (Å²) in [5.41, 5.74) is 5.80. The maximum Gasteiger partial charge on any atom is 0.337 e. The van der Waals surface area contributed by atoms with Gasteiger partial charge in [0.05, 0.1) is 18.4 Å². The maximum absolute atomic E-state index is 12.2. The molecule has 0 unspecified atom stereocenters. The Hall–Kier alpha value is -2.20. The molecule has 0 spiro atoms. The highest BCUT2D eigenvalue weighted by Gasteiger charge is 2.20. The lowest BCUT2D eigenvalue weighted by Gasteiger charge is -2.08. The number of benzene rings is 1. The molecule has 0 bridgehead atoms. The van der Waals surface area contributed by atoms with Crippen molar-refractivity contribution in [2.24, 2.45) is 0 Å². The number of aryl methyl sites for hydroxylation is 1. The minimum absolute atomic E-state index is 0.0633. The Morgan fingerprint density at radius 2 is 2.10 bits per heavy atom. The summed E-state index contributed by atoms with van der Waals surface area (Å²) < 4.78 is 31.2. The molecule has 0 aliphatic rings. The van der Waals surface area contributed by atoms with Gasteiger partial charge in [0.2, 0.25) is 5.13 Å². The van der Waals surface area contributed by atoms with Crippen molar-refractivity contribution >= 4 is 38.1 Å². The van der Waals surface area contributed by atoms with Gasteiger partial charge in [0.25, 0.3) is 10.0 Å². The van der Waals surface area contributed by atoms with Gasteiger partial charge in [-0.3, -0.25) is 4.72 Å². The van der Waals surface area contributed by atoms with Gasteiger partial charge in [0, 0.05) is 0 Å². The second kappa shape index (κ2) is 5.66. The van der Waals surface area contributed by atoms with Gasteiger partial charge in [-0.15, -0.1) is 10.2 Å². The predicted octanol–water partition coefficient (Wildman–Crippen LogP) is 1.02. The summed E-state index contributed by atoms with van der Waals surface area (Å²) in [5, 5.41) is 8.16. The number of carbonyl (C=O) groups excluding carboxylic acids is 1. The zero-order valence-electron chi connectivity index (χ0n) is 11.2. The number of hydrogen-bond donors (Lipinski definition) is 2. The van der Waals surface area contributed by atoms with Gasteiger partial charge in [-0.1, -0.05) is 11.3 Å². The van der Waals surface area contributed by atoms with Crippen LogP contribution in [0.2, 0.25) is 0 Å². The van der Waals surface area contributed by atoms with Gasteiger partial charge in [-0.05, 0) is 25.1 Å². The number of nitrogens with zero attached hydrogens (tertiary/aromatic N) is 2. The van der Waals surface area contributed by atoms with Crippen LogP contribution in [0.3, 0.4) is 0 Å². The molecule has 1 aromatic heterocycles. The van der Waals surface area contributed by atoms with Crippen molar-refractivity contribution in [1.29, 1.82) is 0 Å². The summed E-state index contributed by atoms with van der Waals surface area (Å²) in [5.74, 6) is -0.599. The van der Waals surface area contributed by atoms with E-state index >= 15 is 0 Å². The van der Waals surface area contributed by atoms with E-state index in [0.29, 0.717) is 5.01 Å². The molecule has 112 valence electrons. The molecule has 1 aromatic carbocycles. The fourth-order valence-corrected chi connectivity index (χ4v) is 3.48. The van der Waals surface area contributed by atoms with Crippen molar-refractivity contribution in [3.05, 3.63) is 28.8 Å². The van der Waals surface area contributed by atoms with E-state index in [1.165, 1.54) is 25.3 Å². The second-order valence-electron chi connectivity index (χ2n) is 3.98. The minimum atomic E-state index is -3.90. The van der Waals surface area contributed by atoms with Crippen LogP contribution in [-0.4, -0.2) is 31.7 Å². The first kappa shape index (κ1) is 15.2. The van der Waals surface area contributed by atoms with Crippen LogP contribution < -0.4 is 10.5 Å². The maximum atomic E-state index is 12.2. The lowest BCUT2D eigenvalue weighted by Crippen LogP contribution is -2.15. The largest absolute Gasteiger partial charge is 0.465 e. The number of hydrogen-bond acceptors (Lipinski definition) is 8. The molecule has 1 heterocycles. The number of methoxy groups -OCH3 is 1. The molecule has 8 nitrogen and oxygen atoms in total. The Morgan fingerprint density at radius 1 is 1.38 bits per heavy atom. The lowest BCUT2D eigenvalue weighted by atomic mass is 10.2. The summed E-state index contributed by atoms with van der Waals surface area (Å²) >= 11 is 1.10. The van der Waals surface area contributed by atoms with E-state index in [2.05, 4.69) is 19.7 Å². The zero-order chi connectivity index (χ0) is 15.6. The van der Waals surface area contributed by atoms with E-state index in [4.69, 9.17) is 5.73 Å². The normalized spacial score (nSPS) is 11.1. The van der Waals surface area contributed by atoms with Gasteiger partial charge in [0.1, 0.15) is 9.90 Å². The first-order chi connectivity index (χ1) is 9.83. The fourth-order valence-electron chi connectivity index (χ4n) is 1.55. The van der Waals surface area contributed by atoms with E-state index in [1.54, 1.807) is 6.92 Å². The molecule has 0 saturated heterocycles. The van der Waals surface area contributed by atoms with Gasteiger partial charge >= 0.3 is 5.97 Å². The molecule has 0 atom stereocenters. The van der Waals surface area contributed by atoms with Crippen molar-refractivity contribution in [1.82, 2.24) is 10.2 Å². The summed E-state index contributed by atoms with van der Waals surface area (Å²) in [6.45, 7) is 1.70. The molecule has 21 heavy (non-hydrogen) atoms. The van der Waals surface area contributed by atoms with Crippen LogP contribution in [0.4, 0.5) is 10.8 Å². The van der Waals surface area contributed by atoms with Gasteiger partial charge in [-0.25, -0.2) is 13.2 Å². The Balaban J connectivity index is 2.34. The third-order valence-corrected chi connectivity index (χ3v) is 4.76. The number of rotatable bonds is 4. The first-order valence-corrected chi connectivity index (χ1v) is 7.94. The highest BCUT2D eigenvalue weighted by molar-refractivity contribution is 7.93. The summed E-state index contributed by atoms with van der Waals surface area (Å²) in [6, 6.07) is 3.80. The number of esters is 1. The molecule has 2 aromatic rings. The number of aromatic nitrogens is 2. The third kappa shape index (κ3) is 3.28. The van der Waals surface area contributed by atoms with Gasteiger partial charge in [-0.2, -0.15) is 0 Å². The highest BCUT2D eigenvalue weighted by atomic mass is 32.2. The SMILES string of the molecule is COC(=O)c1ccc(S(=O)(=O)Nc2nnc(C)s2)c(N)c1. The summed E-state index contributed by atoms with van der Waals surface area (Å²) in [7, 11) is -2.67. The predicted molar refractivity (Wildman–Crippen MR) is 77.6 cm³/mol. The van der Waals surface area contributed by atoms with Crippen molar-refractivity contribution < 1.29 is 17.9 Å². The molecular formula is C11H12N4O4S2. The van der Waals surface area contributed by atoms with Crippen LogP contribution >= 0.6 is 11.3 Å². The zero-order valence-corrected chi connectivity index (χ0v) is 12.8. The molecule has 0 fully saturated rings. The monoisotopic (exact) mass is 328 g/mol. The van der Waals surface area contributed by atoms with Gasteiger partial charge in [0.15, 0.2) is 0 Å². The Bertz CT molecular complexity index is 785. The summed E-state index contributed by atoms with van der Waals surface area (Å²) in [6.07, 6.45) is 0. The van der Waals surface area contributed by atoms with E-state index < -0.39 is 16.0 Å². The smallest absolute Gasteiger partial charge is 0.337 e. The van der Waals surface area contributed by atoms with Crippen LogP contribution in [0.5, 0.6) is 0 Å². The number of nitrogens with one attached hydrogen (secondary N) is 1. The first-order valence-electron chi connectivity index (χ1n) is 5.64. The Kier molecular flexibility index (Phi) is 4.09. The van der Waals surface area contributed by atoms with E-state index in [9.17, 15) is 13.2 Å². The number of carbonyl (C=O) groups is 1. The minimum Gasteiger partial charge on any atom is -0.465 e. The average Bonchev–Trinajstić information content (AvgIpc) is 2.81. The number of nitrogen functional groups attached to an aromatic ring is 1. The molecule has 0 saturated carbocycles. The quantitative estimate of drug-likeness (QED) is 0.634. The van der Waals surface area contributed by atoms with Crippen LogP contribution in [0.25, 0.3) is 0 Å². The van der Waals surface area contributed by atoms with Crippen LogP contribution in [0, 0.1) is 6.92 Å². The number of sulfonamides is 1. The fraction of sp³-hybridized carbons (Fsp3) is 0.182. The van der Waals surface area contributed by atoms with E-state index in [1.807, 2.05) is 0 Å². The number of ether oxygens (including phenoxy) is 1. The molecule has 0 aliphatic carbocycles. The summed E-state index contributed by atoms with van der Waals surface area (Å²) in [4.78, 5) is 11.2. The standard InChI is InChI=1S/C11H12N4O4S2/c1-6-13-14-11(20-6)15-21(17,18)9-4-3-7(5-8(9)12)10(16)19-2/h3-5H,12H2,1-2H3,(H,14,15). The van der Waals surface area contributed by atoms with Crippen molar-refractivity contribution in [3.63, 3.8) is 0 Å². The lowest BCUT2D eigenvalue weighted by molar-refractivity contribution is 0.0600. The molecule has 3 N–H and O–H groups in total. The third-order valence-electron chi connectivity index (χ3n) is 2.47. The number of nitrogens with two attached hydrogens (primary N) is 1. The van der Waals surface area contributed by atoms with Crippen LogP contribution in [0.1, 0.15) is 15.4 Å². The molecule has 0 amide bonds. The van der Waals surface area contributed by atoms with Crippen molar-refractivity contribution in [2.75, 3.05) is 17.6 Å². The molecule has 0 aliphatic heterocycles. The van der Waals surface area contributed by atoms with E-state index in [-0.39, 0.29) is 21.3 Å². The average molecular weight is 328 g/mol. The van der Waals surface area contributed by atoms with Crippen molar-refractivity contribution in [2.45, 2.75) is 11.8 Å².